The summed E-state index contributed by atoms with van der Waals surface area (Å²) in [6, 6.07) is 8.09. The van der Waals surface area contributed by atoms with E-state index in [0.717, 1.165) is 35.1 Å². The molecule has 4 rings (SSSR count). The van der Waals surface area contributed by atoms with E-state index in [1.165, 1.54) is 36.3 Å². The SMILES string of the molecule is ClC1=C(C[n+]2c(-c3ccc(Cl)cc3)cn3c2CCCCC3)C=CC(Cl)C1. The molecule has 0 saturated heterocycles. The van der Waals surface area contributed by atoms with Gasteiger partial charge < -0.3 is 0 Å². The maximum absolute atomic E-state index is 6.54. The zero-order valence-electron chi connectivity index (χ0n) is 14.6. The molecule has 1 aromatic heterocycles. The molecule has 5 heteroatoms. The second-order valence-corrected chi connectivity index (χ2v) is 8.49. The Bertz CT molecular complexity index is 862. The van der Waals surface area contributed by atoms with Crippen molar-refractivity contribution in [2.45, 2.75) is 50.6 Å². The van der Waals surface area contributed by atoms with Crippen LogP contribution in [0.2, 0.25) is 5.02 Å². The zero-order chi connectivity index (χ0) is 18.1. The van der Waals surface area contributed by atoms with Gasteiger partial charge in [0.25, 0.3) is 5.82 Å². The van der Waals surface area contributed by atoms with Crippen LogP contribution < -0.4 is 4.57 Å². The summed E-state index contributed by atoms with van der Waals surface area (Å²) in [4.78, 5) is 0. The standard InChI is InChI=1S/C21H22Cl3N2/c22-17-8-5-15(6-9-17)20-14-25-11-3-1-2-4-21(25)26(20)13-16-7-10-18(23)12-19(16)24/h5-10,14,18H,1-4,11-13H2/q+1. The van der Waals surface area contributed by atoms with Crippen LogP contribution in [-0.2, 0) is 19.5 Å². The van der Waals surface area contributed by atoms with Crippen molar-refractivity contribution in [1.29, 1.82) is 0 Å². The lowest BCUT2D eigenvalue weighted by atomic mass is 10.1. The van der Waals surface area contributed by atoms with Crippen molar-refractivity contribution in [2.75, 3.05) is 0 Å². The van der Waals surface area contributed by atoms with Crippen LogP contribution >= 0.6 is 34.8 Å². The predicted molar refractivity (Wildman–Crippen MR) is 109 cm³/mol. The fourth-order valence-electron chi connectivity index (χ4n) is 3.82. The lowest BCUT2D eigenvalue weighted by Crippen LogP contribution is -2.40. The number of allylic oxidation sites excluding steroid dienone is 4. The van der Waals surface area contributed by atoms with Crippen molar-refractivity contribution in [3.63, 3.8) is 0 Å². The fraction of sp³-hybridized carbons (Fsp3) is 0.381. The molecule has 0 radical (unpaired) electrons. The summed E-state index contributed by atoms with van der Waals surface area (Å²) in [6.45, 7) is 1.86. The molecular formula is C21H22Cl3N2+. The van der Waals surface area contributed by atoms with Crippen molar-refractivity contribution in [3.8, 4) is 11.3 Å². The molecule has 0 N–H and O–H groups in total. The molecule has 2 aromatic rings. The minimum atomic E-state index is -0.00172. The molecule has 2 nitrogen and oxygen atoms in total. The molecule has 0 fully saturated rings. The Morgan fingerprint density at radius 1 is 1.08 bits per heavy atom. The lowest BCUT2D eigenvalue weighted by Gasteiger charge is -2.14. The fourth-order valence-corrected chi connectivity index (χ4v) is 4.54. The summed E-state index contributed by atoms with van der Waals surface area (Å²) in [7, 11) is 0. The average Bonchev–Trinajstić information content (AvgIpc) is 2.80. The van der Waals surface area contributed by atoms with Crippen LogP contribution in [0.4, 0.5) is 0 Å². The Balaban J connectivity index is 1.78. The summed E-state index contributed by atoms with van der Waals surface area (Å²) in [6.07, 6.45) is 12.0. The van der Waals surface area contributed by atoms with Crippen molar-refractivity contribution in [3.05, 3.63) is 64.1 Å². The molecule has 1 unspecified atom stereocenters. The van der Waals surface area contributed by atoms with Crippen molar-refractivity contribution >= 4 is 34.8 Å². The number of alkyl halides is 1. The number of halogens is 3. The summed E-state index contributed by atoms with van der Waals surface area (Å²) in [5, 5.41) is 1.63. The first-order valence-corrected chi connectivity index (χ1v) is 10.4. The minimum absolute atomic E-state index is 0.00172. The van der Waals surface area contributed by atoms with Crippen LogP contribution in [0.15, 0.2) is 53.2 Å². The van der Waals surface area contributed by atoms with E-state index >= 15 is 0 Å². The highest BCUT2D eigenvalue weighted by Crippen LogP contribution is 2.28. The second-order valence-electron chi connectivity index (χ2n) is 7.04. The Morgan fingerprint density at radius 2 is 1.88 bits per heavy atom. The monoisotopic (exact) mass is 407 g/mol. The van der Waals surface area contributed by atoms with Gasteiger partial charge in [0.15, 0.2) is 5.69 Å². The molecule has 0 saturated carbocycles. The Labute approximate surface area is 169 Å². The van der Waals surface area contributed by atoms with Crippen molar-refractivity contribution < 1.29 is 4.57 Å². The van der Waals surface area contributed by atoms with Gasteiger partial charge in [-0.05, 0) is 43.5 Å². The summed E-state index contributed by atoms with van der Waals surface area (Å²) in [5.41, 5.74) is 3.56. The minimum Gasteiger partial charge on any atom is -0.234 e. The molecular weight excluding hydrogens is 387 g/mol. The van der Waals surface area contributed by atoms with Gasteiger partial charge in [-0.2, -0.15) is 0 Å². The third-order valence-electron chi connectivity index (χ3n) is 5.21. The van der Waals surface area contributed by atoms with Crippen molar-refractivity contribution in [2.24, 2.45) is 0 Å². The molecule has 1 aromatic carbocycles. The van der Waals surface area contributed by atoms with Crippen molar-refractivity contribution in [1.82, 2.24) is 4.57 Å². The van der Waals surface area contributed by atoms with Crippen LogP contribution in [0.3, 0.4) is 0 Å². The number of hydrogen-bond acceptors (Lipinski definition) is 0. The quantitative estimate of drug-likeness (QED) is 0.443. The molecule has 1 aliphatic heterocycles. The predicted octanol–water partition coefficient (Wildman–Crippen LogP) is 5.88. The van der Waals surface area contributed by atoms with Gasteiger partial charge in [-0.15, -0.1) is 11.6 Å². The first kappa shape index (κ1) is 18.2. The topological polar surface area (TPSA) is 8.81 Å². The molecule has 0 bridgehead atoms. The van der Waals surface area contributed by atoms with Crippen LogP contribution in [0.1, 0.15) is 31.5 Å². The number of benzene rings is 1. The number of hydrogen-bond donors (Lipinski definition) is 0. The first-order valence-electron chi connectivity index (χ1n) is 9.19. The molecule has 0 amide bonds. The molecule has 136 valence electrons. The van der Waals surface area contributed by atoms with E-state index in [2.05, 4.69) is 33.5 Å². The molecule has 2 aliphatic rings. The van der Waals surface area contributed by atoms with Crippen LogP contribution in [0.5, 0.6) is 0 Å². The summed E-state index contributed by atoms with van der Waals surface area (Å²) < 4.78 is 4.84. The number of nitrogens with zero attached hydrogens (tertiary/aromatic N) is 2. The summed E-state index contributed by atoms with van der Waals surface area (Å²) >= 11 is 18.8. The highest BCUT2D eigenvalue weighted by Gasteiger charge is 2.27. The maximum Gasteiger partial charge on any atom is 0.257 e. The Morgan fingerprint density at radius 3 is 2.65 bits per heavy atom. The Kier molecular flexibility index (Phi) is 5.45. The second kappa shape index (κ2) is 7.80. The van der Waals surface area contributed by atoms with Gasteiger partial charge in [0.2, 0.25) is 0 Å². The number of aromatic nitrogens is 2. The highest BCUT2D eigenvalue weighted by molar-refractivity contribution is 6.31. The van der Waals surface area contributed by atoms with Gasteiger partial charge >= 0.3 is 0 Å². The van der Waals surface area contributed by atoms with Gasteiger partial charge in [0, 0.05) is 34.0 Å². The third kappa shape index (κ3) is 3.74. The summed E-state index contributed by atoms with van der Waals surface area (Å²) in [5.74, 6) is 1.38. The maximum atomic E-state index is 6.54. The van der Waals surface area contributed by atoms with E-state index in [4.69, 9.17) is 34.8 Å². The van der Waals surface area contributed by atoms with E-state index in [9.17, 15) is 0 Å². The Hall–Kier alpha value is -1.22. The molecule has 2 heterocycles. The van der Waals surface area contributed by atoms with E-state index in [1.807, 2.05) is 18.2 Å². The van der Waals surface area contributed by atoms with E-state index in [0.29, 0.717) is 6.42 Å². The van der Waals surface area contributed by atoms with Gasteiger partial charge in [-0.25, -0.2) is 9.13 Å². The third-order valence-corrected chi connectivity index (χ3v) is 6.16. The lowest BCUT2D eigenvalue weighted by molar-refractivity contribution is -0.685. The smallest absolute Gasteiger partial charge is 0.234 e. The highest BCUT2D eigenvalue weighted by atomic mass is 35.5. The first-order chi connectivity index (χ1) is 12.6. The largest absolute Gasteiger partial charge is 0.257 e. The van der Waals surface area contributed by atoms with Gasteiger partial charge in [0.05, 0.1) is 11.9 Å². The molecule has 0 spiro atoms. The number of fused-ring (bicyclic) bond motifs is 1. The average molecular weight is 409 g/mol. The van der Waals surface area contributed by atoms with Crippen LogP contribution in [0, 0.1) is 0 Å². The molecule has 1 atom stereocenters. The number of aryl methyl sites for hydroxylation is 1. The van der Waals surface area contributed by atoms with E-state index in [-0.39, 0.29) is 5.38 Å². The van der Waals surface area contributed by atoms with Gasteiger partial charge in [0.1, 0.15) is 12.7 Å². The van der Waals surface area contributed by atoms with Crippen LogP contribution in [-0.4, -0.2) is 9.94 Å². The normalized spacial score (nSPS) is 20.2. The van der Waals surface area contributed by atoms with Gasteiger partial charge in [-0.1, -0.05) is 35.4 Å². The zero-order valence-corrected chi connectivity index (χ0v) is 16.9. The number of imidazole rings is 1. The molecule has 26 heavy (non-hydrogen) atoms. The van der Waals surface area contributed by atoms with Crippen LogP contribution in [0.25, 0.3) is 11.3 Å². The van der Waals surface area contributed by atoms with E-state index in [1.54, 1.807) is 0 Å². The molecule has 1 aliphatic carbocycles. The van der Waals surface area contributed by atoms with E-state index < -0.39 is 0 Å². The number of rotatable bonds is 3. The van der Waals surface area contributed by atoms with Gasteiger partial charge in [-0.3, -0.25) is 0 Å².